The molecule has 2 heterocycles. The number of H-pyrrole nitrogens is 1. The van der Waals surface area contributed by atoms with Crippen LogP contribution in [0.2, 0.25) is 0 Å². The van der Waals surface area contributed by atoms with E-state index in [1.807, 2.05) is 24.4 Å². The van der Waals surface area contributed by atoms with Crippen LogP contribution in [0.4, 0.5) is 0 Å². The number of benzene rings is 2. The first-order valence-electron chi connectivity index (χ1n) is 8.41. The molecular formula is C21H20N2O2. The van der Waals surface area contributed by atoms with E-state index in [2.05, 4.69) is 30.1 Å². The van der Waals surface area contributed by atoms with Crippen molar-refractivity contribution in [1.29, 1.82) is 0 Å². The van der Waals surface area contributed by atoms with Crippen LogP contribution in [0.5, 0.6) is 5.75 Å². The molecule has 1 aliphatic heterocycles. The fourth-order valence-electron chi connectivity index (χ4n) is 3.39. The molecule has 4 nitrogen and oxygen atoms in total. The summed E-state index contributed by atoms with van der Waals surface area (Å²) in [4.78, 5) is 18.0. The van der Waals surface area contributed by atoms with Gasteiger partial charge in [-0.3, -0.25) is 4.79 Å². The van der Waals surface area contributed by atoms with Gasteiger partial charge in [-0.25, -0.2) is 0 Å². The number of carbonyl (C=O) groups excluding carboxylic acids is 1. The third kappa shape index (κ3) is 2.70. The van der Waals surface area contributed by atoms with Crippen molar-refractivity contribution in [1.82, 2.24) is 9.88 Å². The van der Waals surface area contributed by atoms with E-state index >= 15 is 0 Å². The van der Waals surface area contributed by atoms with Crippen molar-refractivity contribution in [3.8, 4) is 5.75 Å². The van der Waals surface area contributed by atoms with E-state index in [-0.39, 0.29) is 5.91 Å². The summed E-state index contributed by atoms with van der Waals surface area (Å²) in [5.41, 5.74) is 5.46. The van der Waals surface area contributed by atoms with Gasteiger partial charge in [-0.15, -0.1) is 0 Å². The van der Waals surface area contributed by atoms with Gasteiger partial charge in [-0.05, 0) is 54.8 Å². The Balaban J connectivity index is 1.63. The maximum atomic E-state index is 12.8. The molecule has 1 N–H and O–H groups in total. The Morgan fingerprint density at radius 3 is 2.72 bits per heavy atom. The Morgan fingerprint density at radius 1 is 1.16 bits per heavy atom. The van der Waals surface area contributed by atoms with Crippen molar-refractivity contribution in [3.63, 3.8) is 0 Å². The molecular weight excluding hydrogens is 312 g/mol. The molecule has 0 atom stereocenters. The lowest BCUT2D eigenvalue weighted by Crippen LogP contribution is -2.27. The summed E-state index contributed by atoms with van der Waals surface area (Å²) in [6.45, 7) is 2.77. The van der Waals surface area contributed by atoms with Crippen molar-refractivity contribution >= 4 is 22.9 Å². The number of methoxy groups -OCH3 is 1. The second-order valence-electron chi connectivity index (χ2n) is 6.31. The van der Waals surface area contributed by atoms with Crippen molar-refractivity contribution in [2.45, 2.75) is 13.3 Å². The van der Waals surface area contributed by atoms with Crippen LogP contribution in [0.15, 0.2) is 48.7 Å². The summed E-state index contributed by atoms with van der Waals surface area (Å²) in [5.74, 6) is 0.754. The lowest BCUT2D eigenvalue weighted by atomic mass is 10.1. The van der Waals surface area contributed by atoms with Crippen LogP contribution in [0.25, 0.3) is 17.0 Å². The number of fused-ring (bicyclic) bond motifs is 3. The molecule has 1 amide bonds. The topological polar surface area (TPSA) is 45.3 Å². The van der Waals surface area contributed by atoms with E-state index in [1.54, 1.807) is 24.1 Å². The van der Waals surface area contributed by atoms with Crippen LogP contribution in [0.1, 0.15) is 27.2 Å². The summed E-state index contributed by atoms with van der Waals surface area (Å²) < 4.78 is 5.15. The molecule has 2 aromatic carbocycles. The van der Waals surface area contributed by atoms with Gasteiger partial charge in [0, 0.05) is 34.9 Å². The van der Waals surface area contributed by atoms with Gasteiger partial charge >= 0.3 is 0 Å². The average molecular weight is 332 g/mol. The zero-order valence-electron chi connectivity index (χ0n) is 14.4. The van der Waals surface area contributed by atoms with Gasteiger partial charge < -0.3 is 14.6 Å². The molecule has 0 saturated heterocycles. The van der Waals surface area contributed by atoms with Crippen molar-refractivity contribution in [2.75, 3.05) is 13.7 Å². The minimum atomic E-state index is 0.00421. The number of aromatic nitrogens is 1. The molecule has 4 heteroatoms. The summed E-state index contributed by atoms with van der Waals surface area (Å²) >= 11 is 0. The molecule has 0 aliphatic carbocycles. The lowest BCUT2D eigenvalue weighted by Gasteiger charge is -2.17. The summed E-state index contributed by atoms with van der Waals surface area (Å²) in [6.07, 6.45) is 4.71. The number of aryl methyl sites for hydroxylation is 1. The van der Waals surface area contributed by atoms with Crippen molar-refractivity contribution in [2.24, 2.45) is 0 Å². The molecule has 3 aromatic rings. The number of nitrogens with one attached hydrogen (secondary N) is 1. The number of hydrogen-bond acceptors (Lipinski definition) is 2. The van der Waals surface area contributed by atoms with E-state index in [0.717, 1.165) is 17.9 Å². The fourth-order valence-corrected chi connectivity index (χ4v) is 3.39. The second-order valence-corrected chi connectivity index (χ2v) is 6.31. The number of hydrogen-bond donors (Lipinski definition) is 1. The molecule has 0 saturated carbocycles. The third-order valence-corrected chi connectivity index (χ3v) is 4.80. The number of aromatic amines is 1. The Kier molecular flexibility index (Phi) is 3.80. The van der Waals surface area contributed by atoms with Crippen molar-refractivity contribution < 1.29 is 9.53 Å². The normalized spacial score (nSPS) is 13.6. The zero-order valence-corrected chi connectivity index (χ0v) is 14.4. The highest BCUT2D eigenvalue weighted by atomic mass is 16.5. The minimum Gasteiger partial charge on any atom is -0.497 e. The van der Waals surface area contributed by atoms with Gasteiger partial charge in [0.15, 0.2) is 0 Å². The predicted molar refractivity (Wildman–Crippen MR) is 99.8 cm³/mol. The number of carbonyl (C=O) groups is 1. The van der Waals surface area contributed by atoms with Gasteiger partial charge in [0.05, 0.1) is 7.11 Å². The Morgan fingerprint density at radius 2 is 1.96 bits per heavy atom. The van der Waals surface area contributed by atoms with E-state index in [0.29, 0.717) is 12.1 Å². The first-order valence-corrected chi connectivity index (χ1v) is 8.41. The fraction of sp³-hybridized carbons (Fsp3) is 0.190. The number of nitrogens with zero attached hydrogens (tertiary/aromatic N) is 1. The van der Waals surface area contributed by atoms with Crippen LogP contribution in [0.3, 0.4) is 0 Å². The first-order chi connectivity index (χ1) is 12.2. The Labute approximate surface area is 146 Å². The monoisotopic (exact) mass is 332 g/mol. The third-order valence-electron chi connectivity index (χ3n) is 4.80. The number of ether oxygens (including phenoxy) is 1. The average Bonchev–Trinajstić information content (AvgIpc) is 2.87. The van der Waals surface area contributed by atoms with Gasteiger partial charge in [0.25, 0.3) is 5.91 Å². The van der Waals surface area contributed by atoms with Crippen molar-refractivity contribution in [3.05, 3.63) is 71.0 Å². The maximum Gasteiger partial charge on any atom is 0.257 e. The molecule has 25 heavy (non-hydrogen) atoms. The largest absolute Gasteiger partial charge is 0.497 e. The van der Waals surface area contributed by atoms with E-state index in [1.165, 1.54) is 22.0 Å². The number of amides is 1. The molecule has 126 valence electrons. The maximum absolute atomic E-state index is 12.8. The number of para-hydroxylation sites is 1. The molecule has 0 unspecified atom stereocenters. The highest BCUT2D eigenvalue weighted by Gasteiger charge is 2.19. The van der Waals surface area contributed by atoms with Crippen LogP contribution >= 0.6 is 0 Å². The van der Waals surface area contributed by atoms with Gasteiger partial charge in [0.2, 0.25) is 0 Å². The van der Waals surface area contributed by atoms with Crippen LogP contribution in [0, 0.1) is 6.92 Å². The Bertz CT molecular complexity index is 967. The van der Waals surface area contributed by atoms with E-state index < -0.39 is 0 Å². The summed E-state index contributed by atoms with van der Waals surface area (Å²) in [6, 6.07) is 13.6. The lowest BCUT2D eigenvalue weighted by molar-refractivity contribution is 0.0825. The first kappa shape index (κ1) is 15.5. The molecule has 1 aromatic heterocycles. The van der Waals surface area contributed by atoms with E-state index in [9.17, 15) is 4.79 Å². The highest BCUT2D eigenvalue weighted by molar-refractivity contribution is 5.96. The molecule has 0 bridgehead atoms. The van der Waals surface area contributed by atoms with Crippen LogP contribution < -0.4 is 4.74 Å². The number of rotatable bonds is 2. The highest BCUT2D eigenvalue weighted by Crippen LogP contribution is 2.28. The zero-order chi connectivity index (χ0) is 17.4. The quantitative estimate of drug-likeness (QED) is 0.766. The van der Waals surface area contributed by atoms with Gasteiger partial charge in [-0.2, -0.15) is 0 Å². The predicted octanol–water partition coefficient (Wildman–Crippen LogP) is 4.15. The SMILES string of the molecule is COc1ccc(C(=O)N2C=Cc3[nH]c4c(C)cccc4c3CC2)cc1. The molecule has 1 aliphatic rings. The summed E-state index contributed by atoms with van der Waals surface area (Å²) in [5, 5.41) is 1.25. The Hall–Kier alpha value is -3.01. The minimum absolute atomic E-state index is 0.00421. The molecule has 4 rings (SSSR count). The van der Waals surface area contributed by atoms with E-state index in [4.69, 9.17) is 4.74 Å². The summed E-state index contributed by atoms with van der Waals surface area (Å²) in [7, 11) is 1.62. The molecule has 0 spiro atoms. The standard InChI is InChI=1S/C21H20N2O2/c1-14-4-3-5-18-17-10-12-23(13-11-19(17)22-20(14)18)21(24)15-6-8-16(25-2)9-7-15/h3-9,11,13,22H,10,12H2,1-2H3. The smallest absolute Gasteiger partial charge is 0.257 e. The second kappa shape index (κ2) is 6.13. The van der Waals surface area contributed by atoms with Crippen LogP contribution in [-0.4, -0.2) is 29.4 Å². The molecule has 0 radical (unpaired) electrons. The van der Waals surface area contributed by atoms with Crippen LogP contribution in [-0.2, 0) is 6.42 Å². The van der Waals surface area contributed by atoms with Gasteiger partial charge in [0.1, 0.15) is 5.75 Å². The van der Waals surface area contributed by atoms with Gasteiger partial charge in [-0.1, -0.05) is 18.2 Å². The molecule has 0 fully saturated rings.